The molecule has 0 radical (unpaired) electrons. The molecule has 2 rings (SSSR count). The van der Waals surface area contributed by atoms with Gasteiger partial charge in [-0.3, -0.25) is 0 Å². The Balaban J connectivity index is 2.10. The van der Waals surface area contributed by atoms with E-state index in [9.17, 15) is 5.11 Å². The Morgan fingerprint density at radius 2 is 2.07 bits per heavy atom. The van der Waals surface area contributed by atoms with Gasteiger partial charge in [0.15, 0.2) is 0 Å². The summed E-state index contributed by atoms with van der Waals surface area (Å²) in [6.45, 7) is 2.57. The predicted octanol–water partition coefficient (Wildman–Crippen LogP) is 1.79. The molecule has 1 fully saturated rings. The van der Waals surface area contributed by atoms with Crippen molar-refractivity contribution in [1.82, 2.24) is 0 Å². The maximum atomic E-state index is 9.36. The van der Waals surface area contributed by atoms with Crippen LogP contribution in [0.2, 0.25) is 0 Å². The van der Waals surface area contributed by atoms with Crippen LogP contribution < -0.4 is 0 Å². The zero-order valence-corrected chi connectivity index (χ0v) is 9.39. The Bertz CT molecular complexity index is 312. The molecule has 0 aromatic heterocycles. The molecule has 0 saturated carbocycles. The third-order valence-electron chi connectivity index (χ3n) is 3.69. The van der Waals surface area contributed by atoms with Gasteiger partial charge in [0.25, 0.3) is 0 Å². The van der Waals surface area contributed by atoms with Crippen molar-refractivity contribution < 1.29 is 9.59 Å². The van der Waals surface area contributed by atoms with Gasteiger partial charge in [-0.05, 0) is 0 Å². The molecule has 2 heteroatoms. The number of hydrogen-bond donors (Lipinski definition) is 1. The van der Waals surface area contributed by atoms with Gasteiger partial charge in [-0.15, -0.1) is 0 Å². The van der Waals surface area contributed by atoms with Crippen LogP contribution in [0, 0.1) is 0 Å². The van der Waals surface area contributed by atoms with E-state index in [0.29, 0.717) is 12.6 Å². The minimum absolute atomic E-state index is 0.323. The van der Waals surface area contributed by atoms with Crippen LogP contribution >= 0.6 is 0 Å². The lowest BCUT2D eigenvalue weighted by molar-refractivity contribution is -0.934. The lowest BCUT2D eigenvalue weighted by Gasteiger charge is -2.35. The molecule has 1 aromatic carbocycles. The molecule has 0 unspecified atom stereocenters. The second-order valence-corrected chi connectivity index (χ2v) is 4.83. The van der Waals surface area contributed by atoms with Crippen LogP contribution in [0.25, 0.3) is 0 Å². The number of likely N-dealkylation sites (N-methyl/N-ethyl adjacent to an activating group) is 1. The van der Waals surface area contributed by atoms with Gasteiger partial charge in [0.1, 0.15) is 12.6 Å². The van der Waals surface area contributed by atoms with Crippen molar-refractivity contribution in [3.05, 3.63) is 35.9 Å². The fourth-order valence-corrected chi connectivity index (χ4v) is 2.68. The van der Waals surface area contributed by atoms with Crippen LogP contribution in [-0.2, 0) is 6.54 Å². The topological polar surface area (TPSA) is 20.2 Å². The van der Waals surface area contributed by atoms with Gasteiger partial charge in [-0.2, -0.15) is 0 Å². The standard InChI is InChI=1S/C13H20NO/c1-14(9-5-8-13(14)11-15)10-12-6-3-2-4-7-12/h2-4,6-7,13,15H,5,8-11H2,1H3/q+1/t13-,14-/m0/s1. The summed E-state index contributed by atoms with van der Waals surface area (Å²) < 4.78 is 1.00. The van der Waals surface area contributed by atoms with Gasteiger partial charge in [-0.25, -0.2) is 0 Å². The highest BCUT2D eigenvalue weighted by atomic mass is 16.3. The monoisotopic (exact) mass is 206 g/mol. The molecule has 0 bridgehead atoms. The normalized spacial score (nSPS) is 30.7. The van der Waals surface area contributed by atoms with E-state index in [-0.39, 0.29) is 0 Å². The van der Waals surface area contributed by atoms with E-state index in [2.05, 4.69) is 37.4 Å². The minimum Gasteiger partial charge on any atom is -0.390 e. The van der Waals surface area contributed by atoms with Crippen molar-refractivity contribution in [3.63, 3.8) is 0 Å². The summed E-state index contributed by atoms with van der Waals surface area (Å²) >= 11 is 0. The summed E-state index contributed by atoms with van der Waals surface area (Å²) in [5.41, 5.74) is 1.38. The highest BCUT2D eigenvalue weighted by Gasteiger charge is 2.37. The first-order valence-electron chi connectivity index (χ1n) is 5.73. The Labute approximate surface area is 91.7 Å². The van der Waals surface area contributed by atoms with Crippen molar-refractivity contribution in [2.45, 2.75) is 25.4 Å². The maximum Gasteiger partial charge on any atom is 0.113 e. The summed E-state index contributed by atoms with van der Waals surface area (Å²) in [5, 5.41) is 9.36. The molecular weight excluding hydrogens is 186 g/mol. The van der Waals surface area contributed by atoms with Crippen LogP contribution in [0.3, 0.4) is 0 Å². The van der Waals surface area contributed by atoms with Gasteiger partial charge < -0.3 is 9.59 Å². The van der Waals surface area contributed by atoms with Crippen molar-refractivity contribution in [3.8, 4) is 0 Å². The molecule has 1 heterocycles. The number of hydrogen-bond acceptors (Lipinski definition) is 1. The molecule has 0 spiro atoms. The average molecular weight is 206 g/mol. The van der Waals surface area contributed by atoms with E-state index < -0.39 is 0 Å². The second-order valence-electron chi connectivity index (χ2n) is 4.83. The summed E-state index contributed by atoms with van der Waals surface area (Å²) in [4.78, 5) is 0. The Hall–Kier alpha value is -0.860. The van der Waals surface area contributed by atoms with Gasteiger partial charge in [0.05, 0.1) is 20.2 Å². The number of rotatable bonds is 3. The summed E-state index contributed by atoms with van der Waals surface area (Å²) in [5.74, 6) is 0. The van der Waals surface area contributed by atoms with Gasteiger partial charge in [0, 0.05) is 18.4 Å². The Kier molecular flexibility index (Phi) is 3.08. The largest absolute Gasteiger partial charge is 0.390 e. The van der Waals surface area contributed by atoms with Crippen LogP contribution in [0.1, 0.15) is 18.4 Å². The molecule has 1 saturated heterocycles. The molecule has 0 aliphatic carbocycles. The molecule has 15 heavy (non-hydrogen) atoms. The zero-order chi connectivity index (χ0) is 10.7. The number of aliphatic hydroxyl groups excluding tert-OH is 1. The number of likely N-dealkylation sites (tertiary alicyclic amines) is 1. The van der Waals surface area contributed by atoms with E-state index in [0.717, 1.165) is 11.0 Å². The molecule has 2 atom stereocenters. The SMILES string of the molecule is C[N@@+]1(Cc2ccccc2)CCC[C@H]1CO. The van der Waals surface area contributed by atoms with Gasteiger partial charge >= 0.3 is 0 Å². The van der Waals surface area contributed by atoms with E-state index in [1.165, 1.54) is 24.9 Å². The third-order valence-corrected chi connectivity index (χ3v) is 3.69. The highest BCUT2D eigenvalue weighted by molar-refractivity contribution is 5.13. The molecule has 2 nitrogen and oxygen atoms in total. The third kappa shape index (κ3) is 2.21. The van der Waals surface area contributed by atoms with Crippen LogP contribution in [0.5, 0.6) is 0 Å². The summed E-state index contributed by atoms with van der Waals surface area (Å²) in [7, 11) is 2.26. The first-order chi connectivity index (χ1) is 7.24. The molecule has 0 amide bonds. The molecular formula is C13H20NO+. The average Bonchev–Trinajstić information content (AvgIpc) is 2.60. The lowest BCUT2D eigenvalue weighted by atomic mass is 10.1. The van der Waals surface area contributed by atoms with Crippen molar-refractivity contribution >= 4 is 0 Å². The first kappa shape index (κ1) is 10.7. The number of benzene rings is 1. The van der Waals surface area contributed by atoms with Crippen molar-refractivity contribution in [2.24, 2.45) is 0 Å². The number of nitrogens with zero attached hydrogens (tertiary/aromatic N) is 1. The minimum atomic E-state index is 0.323. The van der Waals surface area contributed by atoms with E-state index in [4.69, 9.17) is 0 Å². The van der Waals surface area contributed by atoms with Gasteiger partial charge in [0.2, 0.25) is 0 Å². The van der Waals surface area contributed by atoms with E-state index >= 15 is 0 Å². The Morgan fingerprint density at radius 1 is 1.33 bits per heavy atom. The quantitative estimate of drug-likeness (QED) is 0.748. The molecule has 82 valence electrons. The van der Waals surface area contributed by atoms with Crippen molar-refractivity contribution in [2.75, 3.05) is 20.2 Å². The Morgan fingerprint density at radius 3 is 2.73 bits per heavy atom. The second kappa shape index (κ2) is 4.33. The van der Waals surface area contributed by atoms with Crippen molar-refractivity contribution in [1.29, 1.82) is 0 Å². The molecule has 1 aliphatic heterocycles. The zero-order valence-electron chi connectivity index (χ0n) is 9.39. The first-order valence-corrected chi connectivity index (χ1v) is 5.73. The fraction of sp³-hybridized carbons (Fsp3) is 0.538. The number of aliphatic hydroxyl groups is 1. The van der Waals surface area contributed by atoms with Crippen LogP contribution in [0.4, 0.5) is 0 Å². The fourth-order valence-electron chi connectivity index (χ4n) is 2.68. The lowest BCUT2D eigenvalue weighted by Crippen LogP contribution is -2.48. The number of quaternary nitrogens is 1. The van der Waals surface area contributed by atoms with Crippen LogP contribution in [0.15, 0.2) is 30.3 Å². The van der Waals surface area contributed by atoms with E-state index in [1.807, 2.05) is 0 Å². The predicted molar refractivity (Wildman–Crippen MR) is 61.3 cm³/mol. The summed E-state index contributed by atoms with van der Waals surface area (Å²) in [6, 6.07) is 11.0. The highest BCUT2D eigenvalue weighted by Crippen LogP contribution is 2.27. The maximum absolute atomic E-state index is 9.36. The van der Waals surface area contributed by atoms with Gasteiger partial charge in [-0.1, -0.05) is 30.3 Å². The summed E-state index contributed by atoms with van der Waals surface area (Å²) in [6.07, 6.45) is 2.41. The molecule has 1 aromatic rings. The van der Waals surface area contributed by atoms with Crippen LogP contribution in [-0.4, -0.2) is 35.8 Å². The molecule has 1 aliphatic rings. The smallest absolute Gasteiger partial charge is 0.113 e. The van der Waals surface area contributed by atoms with E-state index in [1.54, 1.807) is 0 Å². The molecule has 1 N–H and O–H groups in total.